The van der Waals surface area contributed by atoms with Crippen LogP contribution in [0.3, 0.4) is 0 Å². The molecular formula is C13H17NO6S. The highest BCUT2D eigenvalue weighted by Gasteiger charge is 2.28. The van der Waals surface area contributed by atoms with Crippen molar-refractivity contribution in [2.45, 2.75) is 18.7 Å². The van der Waals surface area contributed by atoms with Crippen molar-refractivity contribution in [3.05, 3.63) is 35.4 Å². The molecule has 0 spiro atoms. The Balaban J connectivity index is 2.99. The van der Waals surface area contributed by atoms with Gasteiger partial charge in [0.25, 0.3) is 0 Å². The van der Waals surface area contributed by atoms with Gasteiger partial charge in [-0.25, -0.2) is 13.2 Å². The minimum absolute atomic E-state index is 0.235. The van der Waals surface area contributed by atoms with Gasteiger partial charge in [-0.15, -0.1) is 0 Å². The van der Waals surface area contributed by atoms with Crippen molar-refractivity contribution in [3.8, 4) is 0 Å². The topological polar surface area (TPSA) is 101 Å². The zero-order valence-electron chi connectivity index (χ0n) is 11.9. The van der Waals surface area contributed by atoms with Crippen LogP contribution in [0, 0.1) is 0 Å². The minimum atomic E-state index is -3.81. The minimum Gasteiger partial charge on any atom is -0.480 e. The van der Waals surface area contributed by atoms with E-state index in [1.54, 1.807) is 6.07 Å². The molecule has 1 rings (SSSR count). The number of carbonyl (C=O) groups is 2. The van der Waals surface area contributed by atoms with Gasteiger partial charge >= 0.3 is 11.9 Å². The normalized spacial score (nSPS) is 13.0. The molecule has 0 aliphatic heterocycles. The lowest BCUT2D eigenvalue weighted by Crippen LogP contribution is -2.40. The number of hydrogen-bond acceptors (Lipinski definition) is 5. The van der Waals surface area contributed by atoms with E-state index in [9.17, 15) is 18.0 Å². The summed E-state index contributed by atoms with van der Waals surface area (Å²) in [6, 6.07) is 4.83. The van der Waals surface area contributed by atoms with E-state index in [0.29, 0.717) is 5.56 Å². The lowest BCUT2D eigenvalue weighted by atomic mass is 10.1. The smallest absolute Gasteiger partial charge is 0.337 e. The Morgan fingerprint density at radius 2 is 2.00 bits per heavy atom. The van der Waals surface area contributed by atoms with E-state index in [-0.39, 0.29) is 5.56 Å². The first-order valence-corrected chi connectivity index (χ1v) is 7.65. The second-order valence-electron chi connectivity index (χ2n) is 4.48. The summed E-state index contributed by atoms with van der Waals surface area (Å²) in [7, 11) is -1.37. The van der Waals surface area contributed by atoms with E-state index in [0.717, 1.165) is 4.31 Å². The maximum atomic E-state index is 12.1. The van der Waals surface area contributed by atoms with Crippen LogP contribution in [0.4, 0.5) is 0 Å². The van der Waals surface area contributed by atoms with Gasteiger partial charge in [0.15, 0.2) is 0 Å². The molecule has 7 nitrogen and oxygen atoms in total. The molecule has 1 N–H and O–H groups in total. The average Bonchev–Trinajstić information content (AvgIpc) is 2.44. The largest absolute Gasteiger partial charge is 0.480 e. The van der Waals surface area contributed by atoms with E-state index in [1.807, 2.05) is 0 Å². The Morgan fingerprint density at radius 3 is 2.52 bits per heavy atom. The van der Waals surface area contributed by atoms with Gasteiger partial charge in [0.2, 0.25) is 10.0 Å². The molecule has 1 aromatic rings. The van der Waals surface area contributed by atoms with Crippen LogP contribution >= 0.6 is 0 Å². The number of hydrogen-bond donors (Lipinski definition) is 1. The van der Waals surface area contributed by atoms with E-state index < -0.39 is 33.8 Å². The summed E-state index contributed by atoms with van der Waals surface area (Å²) in [6.07, 6.45) is 0. The Kier molecular flexibility index (Phi) is 5.45. The van der Waals surface area contributed by atoms with Crippen LogP contribution in [0.25, 0.3) is 0 Å². The number of nitrogens with zero attached hydrogens (tertiary/aromatic N) is 1. The number of benzene rings is 1. The summed E-state index contributed by atoms with van der Waals surface area (Å²) in [4.78, 5) is 22.3. The van der Waals surface area contributed by atoms with Crippen molar-refractivity contribution in [3.63, 3.8) is 0 Å². The summed E-state index contributed by atoms with van der Waals surface area (Å²) in [5, 5.41) is 8.86. The third-order valence-corrected chi connectivity index (χ3v) is 4.93. The van der Waals surface area contributed by atoms with Gasteiger partial charge in [0.1, 0.15) is 6.04 Å². The number of carboxylic acids is 1. The number of aliphatic carboxylic acids is 1. The summed E-state index contributed by atoms with van der Waals surface area (Å²) in [5.41, 5.74) is 0.612. The van der Waals surface area contributed by atoms with Gasteiger partial charge in [-0.3, -0.25) is 4.79 Å². The standard InChI is InChI=1S/C13H17NO6S/c1-9(12(15)16)14(2)21(18,19)8-10-5-4-6-11(7-10)13(17)20-3/h4-7,9H,8H2,1-3H3,(H,15,16). The van der Waals surface area contributed by atoms with Gasteiger partial charge in [0.05, 0.1) is 18.4 Å². The van der Waals surface area contributed by atoms with Gasteiger partial charge in [0, 0.05) is 7.05 Å². The van der Waals surface area contributed by atoms with Crippen molar-refractivity contribution in [1.82, 2.24) is 4.31 Å². The number of likely N-dealkylation sites (N-methyl/N-ethyl adjacent to an activating group) is 1. The van der Waals surface area contributed by atoms with Crippen LogP contribution in [0.2, 0.25) is 0 Å². The molecule has 1 atom stereocenters. The molecular weight excluding hydrogens is 298 g/mol. The highest BCUT2D eigenvalue weighted by atomic mass is 32.2. The molecule has 116 valence electrons. The summed E-state index contributed by atoms with van der Waals surface area (Å²) in [5.74, 6) is -2.20. The van der Waals surface area contributed by atoms with Crippen LogP contribution in [0.1, 0.15) is 22.8 Å². The van der Waals surface area contributed by atoms with Crippen LogP contribution in [-0.2, 0) is 25.3 Å². The third kappa shape index (κ3) is 4.27. The predicted molar refractivity (Wildman–Crippen MR) is 75.3 cm³/mol. The van der Waals surface area contributed by atoms with Gasteiger partial charge in [-0.05, 0) is 24.6 Å². The predicted octanol–water partition coefficient (Wildman–Crippen LogP) is 0.708. The molecule has 0 heterocycles. The molecule has 0 aliphatic carbocycles. The first kappa shape index (κ1) is 17.1. The number of ether oxygens (including phenoxy) is 1. The maximum Gasteiger partial charge on any atom is 0.337 e. The van der Waals surface area contributed by atoms with E-state index in [1.165, 1.54) is 39.3 Å². The molecule has 0 aromatic heterocycles. The Morgan fingerprint density at radius 1 is 1.38 bits per heavy atom. The van der Waals surface area contributed by atoms with E-state index in [4.69, 9.17) is 5.11 Å². The van der Waals surface area contributed by atoms with Crippen LogP contribution < -0.4 is 0 Å². The molecule has 0 saturated heterocycles. The molecule has 21 heavy (non-hydrogen) atoms. The fourth-order valence-electron chi connectivity index (χ4n) is 1.61. The van der Waals surface area contributed by atoms with Gasteiger partial charge in [-0.1, -0.05) is 12.1 Å². The molecule has 0 bridgehead atoms. The summed E-state index contributed by atoms with van der Waals surface area (Å²) < 4.78 is 29.6. The lowest BCUT2D eigenvalue weighted by molar-refractivity contribution is -0.140. The maximum absolute atomic E-state index is 12.1. The monoisotopic (exact) mass is 315 g/mol. The molecule has 0 radical (unpaired) electrons. The molecule has 0 amide bonds. The van der Waals surface area contributed by atoms with Crippen LogP contribution in [0.15, 0.2) is 24.3 Å². The van der Waals surface area contributed by atoms with Gasteiger partial charge in [-0.2, -0.15) is 4.31 Å². The lowest BCUT2D eigenvalue weighted by Gasteiger charge is -2.21. The van der Waals surface area contributed by atoms with Crippen molar-refractivity contribution >= 4 is 22.0 Å². The highest BCUT2D eigenvalue weighted by Crippen LogP contribution is 2.14. The first-order valence-electron chi connectivity index (χ1n) is 6.05. The zero-order valence-corrected chi connectivity index (χ0v) is 12.8. The van der Waals surface area contributed by atoms with Crippen LogP contribution in [-0.4, -0.2) is 50.0 Å². The van der Waals surface area contributed by atoms with Crippen molar-refractivity contribution in [2.24, 2.45) is 0 Å². The highest BCUT2D eigenvalue weighted by molar-refractivity contribution is 7.88. The molecule has 0 aliphatic rings. The number of carbonyl (C=O) groups excluding carboxylic acids is 1. The Hall–Kier alpha value is -1.93. The molecule has 0 fully saturated rings. The van der Waals surface area contributed by atoms with E-state index >= 15 is 0 Å². The van der Waals surface area contributed by atoms with Gasteiger partial charge < -0.3 is 9.84 Å². The average molecular weight is 315 g/mol. The Bertz CT molecular complexity index is 640. The number of carboxylic acid groups (broad SMARTS) is 1. The molecule has 8 heteroatoms. The molecule has 0 saturated carbocycles. The quantitative estimate of drug-likeness (QED) is 0.776. The van der Waals surface area contributed by atoms with Crippen LogP contribution in [0.5, 0.6) is 0 Å². The molecule has 1 unspecified atom stereocenters. The molecule has 1 aromatic carbocycles. The zero-order chi connectivity index (χ0) is 16.2. The third-order valence-electron chi connectivity index (χ3n) is 3.04. The number of esters is 1. The van der Waals surface area contributed by atoms with Crippen molar-refractivity contribution in [2.75, 3.05) is 14.2 Å². The fourth-order valence-corrected chi connectivity index (χ4v) is 2.99. The van der Waals surface area contributed by atoms with E-state index in [2.05, 4.69) is 4.74 Å². The number of methoxy groups -OCH3 is 1. The van der Waals surface area contributed by atoms with Crippen molar-refractivity contribution < 1.29 is 27.9 Å². The number of sulfonamides is 1. The Labute approximate surface area is 123 Å². The first-order chi connectivity index (χ1) is 9.69. The fraction of sp³-hybridized carbons (Fsp3) is 0.385. The second-order valence-corrected chi connectivity index (χ2v) is 6.51. The SMILES string of the molecule is COC(=O)c1cccc(CS(=O)(=O)N(C)C(C)C(=O)O)c1. The summed E-state index contributed by atoms with van der Waals surface area (Å²) >= 11 is 0. The summed E-state index contributed by atoms with van der Waals surface area (Å²) in [6.45, 7) is 1.28. The second kappa shape index (κ2) is 6.68. The van der Waals surface area contributed by atoms with Crippen molar-refractivity contribution in [1.29, 1.82) is 0 Å². The number of rotatable bonds is 6.